The highest BCUT2D eigenvalue weighted by Gasteiger charge is 2.37. The molecular weight excluding hydrogens is 311 g/mol. The van der Waals surface area contributed by atoms with E-state index in [2.05, 4.69) is 5.32 Å². The van der Waals surface area contributed by atoms with Crippen LogP contribution in [-0.2, 0) is 16.1 Å². The number of rotatable bonds is 4. The molecular formula is C15H18Cl2N2O2. The Hall–Kier alpha value is -1.26. The Morgan fingerprint density at radius 1 is 1.43 bits per heavy atom. The molecule has 1 aromatic carbocycles. The van der Waals surface area contributed by atoms with Gasteiger partial charge in [-0.2, -0.15) is 0 Å². The third-order valence-corrected chi connectivity index (χ3v) is 4.17. The highest BCUT2D eigenvalue weighted by molar-refractivity contribution is 6.35. The van der Waals surface area contributed by atoms with E-state index in [1.54, 1.807) is 23.1 Å². The Balaban J connectivity index is 2.00. The maximum Gasteiger partial charge on any atom is 0.243 e. The third kappa shape index (κ3) is 3.69. The van der Waals surface area contributed by atoms with Crippen LogP contribution in [0.15, 0.2) is 18.2 Å². The van der Waals surface area contributed by atoms with Gasteiger partial charge in [0, 0.05) is 29.1 Å². The molecule has 0 aromatic heterocycles. The normalized spacial score (nSPS) is 18.4. The van der Waals surface area contributed by atoms with E-state index in [4.69, 9.17) is 23.2 Å². The zero-order chi connectivity index (χ0) is 15.6. The number of hydrogen-bond donors (Lipinski definition) is 1. The molecule has 0 spiro atoms. The number of nitrogens with one attached hydrogen (secondary N) is 1. The maximum atomic E-state index is 12.3. The number of likely N-dealkylation sites (tertiary alicyclic amines) is 1. The van der Waals surface area contributed by atoms with Crippen molar-refractivity contribution in [3.8, 4) is 0 Å². The smallest absolute Gasteiger partial charge is 0.243 e. The molecule has 1 atom stereocenters. The Bertz CT molecular complexity index is 561. The number of carbonyl (C=O) groups excluding carboxylic acids is 2. The van der Waals surface area contributed by atoms with E-state index < -0.39 is 0 Å². The minimum absolute atomic E-state index is 0.0230. The predicted molar refractivity (Wildman–Crippen MR) is 83.3 cm³/mol. The van der Waals surface area contributed by atoms with Crippen molar-refractivity contribution < 1.29 is 9.59 Å². The fourth-order valence-corrected chi connectivity index (χ4v) is 3.05. The molecule has 2 rings (SSSR count). The molecule has 1 heterocycles. The van der Waals surface area contributed by atoms with E-state index in [1.807, 2.05) is 13.8 Å². The van der Waals surface area contributed by atoms with Gasteiger partial charge in [-0.05, 0) is 38.0 Å². The molecule has 6 heteroatoms. The number of amides is 2. The first-order chi connectivity index (χ1) is 9.90. The fourth-order valence-electron chi connectivity index (χ4n) is 2.57. The molecule has 114 valence electrons. The lowest BCUT2D eigenvalue weighted by atomic mass is 10.1. The molecule has 2 amide bonds. The molecule has 1 fully saturated rings. The fraction of sp³-hybridized carbons (Fsp3) is 0.467. The summed E-state index contributed by atoms with van der Waals surface area (Å²) in [7, 11) is 0. The van der Waals surface area contributed by atoms with Crippen LogP contribution in [0.4, 0.5) is 0 Å². The monoisotopic (exact) mass is 328 g/mol. The van der Waals surface area contributed by atoms with E-state index in [0.717, 1.165) is 5.56 Å². The van der Waals surface area contributed by atoms with Gasteiger partial charge in [0.05, 0.1) is 0 Å². The summed E-state index contributed by atoms with van der Waals surface area (Å²) in [4.78, 5) is 25.7. The molecule has 1 N–H and O–H groups in total. The van der Waals surface area contributed by atoms with Crippen molar-refractivity contribution >= 4 is 35.0 Å². The molecule has 1 saturated heterocycles. The summed E-state index contributed by atoms with van der Waals surface area (Å²) in [6.45, 7) is 4.16. The minimum Gasteiger partial charge on any atom is -0.350 e. The Kier molecular flexibility index (Phi) is 5.12. The Labute approximate surface area is 134 Å². The summed E-state index contributed by atoms with van der Waals surface area (Å²) < 4.78 is 0. The highest BCUT2D eigenvalue weighted by Crippen LogP contribution is 2.23. The van der Waals surface area contributed by atoms with E-state index in [0.29, 0.717) is 29.4 Å². The van der Waals surface area contributed by atoms with Gasteiger partial charge in [0.1, 0.15) is 6.04 Å². The molecule has 0 saturated carbocycles. The number of nitrogens with zero attached hydrogens (tertiary/aromatic N) is 1. The summed E-state index contributed by atoms with van der Waals surface area (Å²) in [5, 5.41) is 3.92. The molecule has 1 aliphatic rings. The van der Waals surface area contributed by atoms with Gasteiger partial charge >= 0.3 is 0 Å². The largest absolute Gasteiger partial charge is 0.350 e. The first-order valence-corrected chi connectivity index (χ1v) is 7.68. The molecule has 1 aromatic rings. The summed E-state index contributed by atoms with van der Waals surface area (Å²) >= 11 is 11.9. The lowest BCUT2D eigenvalue weighted by Crippen LogP contribution is -2.47. The summed E-state index contributed by atoms with van der Waals surface area (Å²) in [5.41, 5.74) is 0.801. The summed E-state index contributed by atoms with van der Waals surface area (Å²) in [6.07, 6.45) is 0.995. The molecule has 1 aliphatic heterocycles. The van der Waals surface area contributed by atoms with Crippen LogP contribution in [0.3, 0.4) is 0 Å². The average molecular weight is 329 g/mol. The van der Waals surface area contributed by atoms with Gasteiger partial charge in [0.25, 0.3) is 0 Å². The zero-order valence-electron chi connectivity index (χ0n) is 12.0. The van der Waals surface area contributed by atoms with E-state index in [9.17, 15) is 9.59 Å². The molecule has 0 bridgehead atoms. The topological polar surface area (TPSA) is 49.4 Å². The van der Waals surface area contributed by atoms with Gasteiger partial charge in [-0.3, -0.25) is 9.59 Å². The van der Waals surface area contributed by atoms with Crippen molar-refractivity contribution in [3.05, 3.63) is 33.8 Å². The standard InChI is InChI=1S/C15H18Cl2N2O2/c1-9(2)19-13(5-6-14(19)20)15(21)18-8-10-3-4-11(16)7-12(10)17/h3-4,7,9,13H,5-6,8H2,1-2H3,(H,18,21). The van der Waals surface area contributed by atoms with E-state index in [-0.39, 0.29) is 23.9 Å². The Morgan fingerprint density at radius 2 is 2.14 bits per heavy atom. The number of carbonyl (C=O) groups is 2. The van der Waals surface area contributed by atoms with Crippen molar-refractivity contribution in [1.29, 1.82) is 0 Å². The maximum absolute atomic E-state index is 12.3. The summed E-state index contributed by atoms with van der Waals surface area (Å²) in [6, 6.07) is 4.79. The van der Waals surface area contributed by atoms with Crippen LogP contribution in [0.25, 0.3) is 0 Å². The first kappa shape index (κ1) is 16.1. The minimum atomic E-state index is -0.386. The SMILES string of the molecule is CC(C)N1C(=O)CCC1C(=O)NCc1ccc(Cl)cc1Cl. The van der Waals surface area contributed by atoms with Crippen LogP contribution in [0, 0.1) is 0 Å². The molecule has 21 heavy (non-hydrogen) atoms. The van der Waals surface area contributed by atoms with Crippen LogP contribution >= 0.6 is 23.2 Å². The van der Waals surface area contributed by atoms with Gasteiger partial charge in [0.2, 0.25) is 11.8 Å². The molecule has 1 unspecified atom stereocenters. The van der Waals surface area contributed by atoms with Gasteiger partial charge in [0.15, 0.2) is 0 Å². The quantitative estimate of drug-likeness (QED) is 0.923. The second-order valence-electron chi connectivity index (χ2n) is 5.40. The van der Waals surface area contributed by atoms with Gasteiger partial charge < -0.3 is 10.2 Å². The second-order valence-corrected chi connectivity index (χ2v) is 6.25. The lowest BCUT2D eigenvalue weighted by molar-refractivity contribution is -0.137. The van der Waals surface area contributed by atoms with Crippen molar-refractivity contribution in [2.24, 2.45) is 0 Å². The van der Waals surface area contributed by atoms with Crippen LogP contribution in [0.2, 0.25) is 10.0 Å². The number of hydrogen-bond acceptors (Lipinski definition) is 2. The Morgan fingerprint density at radius 3 is 2.76 bits per heavy atom. The van der Waals surface area contributed by atoms with Crippen LogP contribution in [0.5, 0.6) is 0 Å². The molecule has 0 aliphatic carbocycles. The first-order valence-electron chi connectivity index (χ1n) is 6.93. The highest BCUT2D eigenvalue weighted by atomic mass is 35.5. The second kappa shape index (κ2) is 6.67. The predicted octanol–water partition coefficient (Wildman–Crippen LogP) is 3.01. The van der Waals surface area contributed by atoms with Crippen molar-refractivity contribution in [1.82, 2.24) is 10.2 Å². The third-order valence-electron chi connectivity index (χ3n) is 3.58. The van der Waals surface area contributed by atoms with Gasteiger partial charge in [-0.15, -0.1) is 0 Å². The number of halogens is 2. The average Bonchev–Trinajstić information content (AvgIpc) is 2.79. The van der Waals surface area contributed by atoms with Crippen LogP contribution in [0.1, 0.15) is 32.3 Å². The summed E-state index contributed by atoms with van der Waals surface area (Å²) in [5.74, 6) is -0.102. The van der Waals surface area contributed by atoms with Crippen LogP contribution < -0.4 is 5.32 Å². The van der Waals surface area contributed by atoms with Crippen molar-refractivity contribution in [3.63, 3.8) is 0 Å². The van der Waals surface area contributed by atoms with Gasteiger partial charge in [-0.25, -0.2) is 0 Å². The van der Waals surface area contributed by atoms with Gasteiger partial charge in [-0.1, -0.05) is 29.3 Å². The lowest BCUT2D eigenvalue weighted by Gasteiger charge is -2.27. The van der Waals surface area contributed by atoms with Crippen molar-refractivity contribution in [2.45, 2.75) is 45.3 Å². The van der Waals surface area contributed by atoms with Crippen molar-refractivity contribution in [2.75, 3.05) is 0 Å². The molecule has 0 radical (unpaired) electrons. The zero-order valence-corrected chi connectivity index (χ0v) is 13.5. The van der Waals surface area contributed by atoms with Crippen LogP contribution in [-0.4, -0.2) is 28.8 Å². The van der Waals surface area contributed by atoms with E-state index in [1.165, 1.54) is 0 Å². The molecule has 4 nitrogen and oxygen atoms in total. The van der Waals surface area contributed by atoms with E-state index >= 15 is 0 Å². The number of benzene rings is 1.